The second-order valence-corrected chi connectivity index (χ2v) is 4.56. The molecule has 1 aromatic rings. The van der Waals surface area contributed by atoms with Crippen molar-refractivity contribution in [2.24, 2.45) is 5.92 Å². The number of aromatic nitrogens is 1. The van der Waals surface area contributed by atoms with Gasteiger partial charge < -0.3 is 20.3 Å². The maximum Gasteiger partial charge on any atom is 0.386 e. The van der Waals surface area contributed by atoms with Crippen molar-refractivity contribution in [1.29, 1.82) is 0 Å². The van der Waals surface area contributed by atoms with Gasteiger partial charge in [-0.05, 0) is 47.5 Å². The Kier molecular flexibility index (Phi) is 4.09. The Balaban J connectivity index is 1.92. The molecule has 2 rings (SSSR count). The maximum atomic E-state index is 10.8. The van der Waals surface area contributed by atoms with E-state index in [0.29, 0.717) is 11.6 Å². The van der Waals surface area contributed by atoms with E-state index in [9.17, 15) is 10.1 Å². The number of hydrogen-bond donors (Lipinski definition) is 1. The van der Waals surface area contributed by atoms with Crippen LogP contribution in [0.5, 0.6) is 0 Å². The Labute approximate surface area is 106 Å². The first kappa shape index (κ1) is 12.8. The molecule has 2 heterocycles. The van der Waals surface area contributed by atoms with Crippen molar-refractivity contribution >= 4 is 11.5 Å². The van der Waals surface area contributed by atoms with Crippen LogP contribution in [-0.2, 0) is 0 Å². The van der Waals surface area contributed by atoms with Crippen LogP contribution in [0.3, 0.4) is 0 Å². The molecule has 1 aliphatic rings. The van der Waals surface area contributed by atoms with Gasteiger partial charge in [0.25, 0.3) is 0 Å². The van der Waals surface area contributed by atoms with Gasteiger partial charge in [-0.3, -0.25) is 0 Å². The van der Waals surface area contributed by atoms with Gasteiger partial charge in [0.1, 0.15) is 11.9 Å². The van der Waals surface area contributed by atoms with Crippen LogP contribution in [-0.4, -0.2) is 41.0 Å². The zero-order valence-electron chi connectivity index (χ0n) is 10.5. The maximum absolute atomic E-state index is 10.8. The van der Waals surface area contributed by atoms with E-state index in [1.165, 1.54) is 6.20 Å². The third-order valence-corrected chi connectivity index (χ3v) is 3.36. The minimum atomic E-state index is -0.449. The Morgan fingerprint density at radius 1 is 1.67 bits per heavy atom. The monoisotopic (exact) mass is 250 g/mol. The minimum Gasteiger partial charge on any atom is -0.378 e. The first-order valence-corrected chi connectivity index (χ1v) is 6.26. The molecule has 6 heteroatoms. The molecular formula is C12H18N4O2. The molecule has 0 spiro atoms. The van der Waals surface area contributed by atoms with E-state index in [-0.39, 0.29) is 5.82 Å². The lowest BCUT2D eigenvalue weighted by Crippen LogP contribution is -2.22. The largest absolute Gasteiger partial charge is 0.386 e. The number of nitro groups is 1. The molecule has 0 aromatic carbocycles. The predicted molar refractivity (Wildman–Crippen MR) is 69.6 cm³/mol. The smallest absolute Gasteiger partial charge is 0.378 e. The van der Waals surface area contributed by atoms with E-state index in [2.05, 4.69) is 22.1 Å². The average molecular weight is 250 g/mol. The molecular weight excluding hydrogens is 232 g/mol. The van der Waals surface area contributed by atoms with E-state index in [1.807, 2.05) is 0 Å². The van der Waals surface area contributed by atoms with Gasteiger partial charge >= 0.3 is 5.82 Å². The lowest BCUT2D eigenvalue weighted by molar-refractivity contribution is -0.388. The normalized spacial score (nSPS) is 19.9. The van der Waals surface area contributed by atoms with Crippen molar-refractivity contribution in [1.82, 2.24) is 9.88 Å². The number of nitrogens with one attached hydrogen (secondary N) is 1. The number of pyridine rings is 1. The summed E-state index contributed by atoms with van der Waals surface area (Å²) in [6.07, 6.45) is 2.59. The highest BCUT2D eigenvalue weighted by atomic mass is 16.6. The van der Waals surface area contributed by atoms with Gasteiger partial charge in [0.15, 0.2) is 0 Å². The van der Waals surface area contributed by atoms with Crippen LogP contribution >= 0.6 is 0 Å². The minimum absolute atomic E-state index is 0.0946. The third kappa shape index (κ3) is 2.95. The summed E-state index contributed by atoms with van der Waals surface area (Å²) in [5.41, 5.74) is 0.512. The summed E-state index contributed by atoms with van der Waals surface area (Å²) in [4.78, 5) is 16.5. The zero-order chi connectivity index (χ0) is 13.0. The summed E-state index contributed by atoms with van der Waals surface area (Å²) in [6, 6.07) is 3.42. The van der Waals surface area contributed by atoms with Crippen LogP contribution in [0.25, 0.3) is 0 Å². The molecule has 6 nitrogen and oxygen atoms in total. The fourth-order valence-electron chi connectivity index (χ4n) is 2.30. The molecule has 1 aliphatic heterocycles. The fraction of sp³-hybridized carbons (Fsp3) is 0.583. The molecule has 0 saturated carbocycles. The first-order chi connectivity index (χ1) is 8.70. The van der Waals surface area contributed by atoms with Gasteiger partial charge in [0, 0.05) is 13.1 Å². The van der Waals surface area contributed by atoms with Crippen LogP contribution in [0.4, 0.5) is 11.5 Å². The van der Waals surface area contributed by atoms with Crippen LogP contribution in [0.2, 0.25) is 0 Å². The molecule has 98 valence electrons. The molecule has 0 radical (unpaired) electrons. The molecule has 1 atom stereocenters. The Morgan fingerprint density at radius 3 is 3.17 bits per heavy atom. The predicted octanol–water partition coefficient (Wildman–Crippen LogP) is 1.74. The quantitative estimate of drug-likeness (QED) is 0.636. The van der Waals surface area contributed by atoms with Crippen molar-refractivity contribution in [2.45, 2.75) is 13.3 Å². The summed E-state index contributed by atoms with van der Waals surface area (Å²) in [5, 5.41) is 14.0. The average Bonchev–Trinajstić information content (AvgIpc) is 2.84. The number of hydrogen-bond acceptors (Lipinski definition) is 5. The van der Waals surface area contributed by atoms with Crippen molar-refractivity contribution in [3.63, 3.8) is 0 Å². The first-order valence-electron chi connectivity index (χ1n) is 6.26. The van der Waals surface area contributed by atoms with Crippen LogP contribution in [0, 0.1) is 16.0 Å². The van der Waals surface area contributed by atoms with Crippen LogP contribution in [0.1, 0.15) is 13.3 Å². The Bertz CT molecular complexity index is 424. The van der Waals surface area contributed by atoms with Crippen LogP contribution in [0.15, 0.2) is 18.3 Å². The van der Waals surface area contributed by atoms with Crippen molar-refractivity contribution in [3.05, 3.63) is 28.4 Å². The highest BCUT2D eigenvalue weighted by Crippen LogP contribution is 2.22. The number of likely N-dealkylation sites (tertiary alicyclic amines) is 1. The summed E-state index contributed by atoms with van der Waals surface area (Å²) < 4.78 is 0. The van der Waals surface area contributed by atoms with Gasteiger partial charge in [0.05, 0.1) is 0 Å². The Hall–Kier alpha value is -1.69. The number of nitrogens with zero attached hydrogens (tertiary/aromatic N) is 3. The molecule has 0 aliphatic carbocycles. The Morgan fingerprint density at radius 2 is 2.50 bits per heavy atom. The lowest BCUT2D eigenvalue weighted by atomic mass is 10.1. The van der Waals surface area contributed by atoms with Gasteiger partial charge in [-0.15, -0.1) is 0 Å². The summed E-state index contributed by atoms with van der Waals surface area (Å²) >= 11 is 0. The fourth-order valence-corrected chi connectivity index (χ4v) is 2.30. The van der Waals surface area contributed by atoms with E-state index >= 15 is 0 Å². The number of anilines is 1. The van der Waals surface area contributed by atoms with E-state index < -0.39 is 4.92 Å². The standard InChI is InChI=1S/C12H18N4O2/c1-2-15-7-5-10(9-15)8-14-11-4-3-6-13-12(11)16(17)18/h3-4,6,10,14H,2,5,7-9H2,1H3. The van der Waals surface area contributed by atoms with Crippen molar-refractivity contribution in [2.75, 3.05) is 31.5 Å². The van der Waals surface area contributed by atoms with Crippen molar-refractivity contribution in [3.8, 4) is 0 Å². The summed E-state index contributed by atoms with van der Waals surface area (Å²) in [6.45, 7) is 6.18. The second-order valence-electron chi connectivity index (χ2n) is 4.56. The molecule has 18 heavy (non-hydrogen) atoms. The van der Waals surface area contributed by atoms with E-state index in [1.54, 1.807) is 12.1 Å². The molecule has 1 unspecified atom stereocenters. The van der Waals surface area contributed by atoms with Gasteiger partial charge in [-0.25, -0.2) is 0 Å². The molecule has 0 bridgehead atoms. The topological polar surface area (TPSA) is 71.3 Å². The van der Waals surface area contributed by atoms with Gasteiger partial charge in [-0.2, -0.15) is 0 Å². The van der Waals surface area contributed by atoms with Crippen LogP contribution < -0.4 is 5.32 Å². The number of rotatable bonds is 5. The highest BCUT2D eigenvalue weighted by molar-refractivity contribution is 5.56. The summed E-state index contributed by atoms with van der Waals surface area (Å²) in [7, 11) is 0. The lowest BCUT2D eigenvalue weighted by Gasteiger charge is -2.14. The highest BCUT2D eigenvalue weighted by Gasteiger charge is 2.22. The van der Waals surface area contributed by atoms with Gasteiger partial charge in [-0.1, -0.05) is 6.92 Å². The SMILES string of the molecule is CCN1CCC(CNc2cccnc2[N+](=O)[O-])C1. The molecule has 0 amide bonds. The molecule has 1 aromatic heterocycles. The second kappa shape index (κ2) is 5.77. The van der Waals surface area contributed by atoms with Gasteiger partial charge in [0.2, 0.25) is 0 Å². The van der Waals surface area contributed by atoms with Crippen molar-refractivity contribution < 1.29 is 4.92 Å². The molecule has 1 saturated heterocycles. The zero-order valence-corrected chi connectivity index (χ0v) is 10.5. The van der Waals surface area contributed by atoms with E-state index in [4.69, 9.17) is 0 Å². The molecule has 1 N–H and O–H groups in total. The third-order valence-electron chi connectivity index (χ3n) is 3.36. The molecule has 1 fully saturated rings. The summed E-state index contributed by atoms with van der Waals surface area (Å²) in [5.74, 6) is 0.465. The van der Waals surface area contributed by atoms with E-state index in [0.717, 1.165) is 32.6 Å².